The molecule has 140 valence electrons. The summed E-state index contributed by atoms with van der Waals surface area (Å²) in [6.07, 6.45) is 2.02. The molecule has 0 saturated heterocycles. The van der Waals surface area contributed by atoms with Crippen molar-refractivity contribution in [3.05, 3.63) is 45.6 Å². The Morgan fingerprint density at radius 2 is 2.12 bits per heavy atom. The number of ether oxygens (including phenoxy) is 1. The molecule has 0 radical (unpaired) electrons. The second-order valence-corrected chi connectivity index (χ2v) is 9.57. The van der Waals surface area contributed by atoms with E-state index in [9.17, 15) is 13.2 Å². The number of benzene rings is 1. The molecule has 1 unspecified atom stereocenters. The number of urea groups is 1. The zero-order valence-electron chi connectivity index (χ0n) is 15.0. The van der Waals surface area contributed by atoms with Gasteiger partial charge in [-0.2, -0.15) is 0 Å². The summed E-state index contributed by atoms with van der Waals surface area (Å²) in [5, 5.41) is 7.49. The molecule has 1 atom stereocenters. The fourth-order valence-electron chi connectivity index (χ4n) is 3.26. The van der Waals surface area contributed by atoms with Crippen LogP contribution in [0.15, 0.2) is 34.5 Å². The van der Waals surface area contributed by atoms with E-state index in [0.717, 1.165) is 18.2 Å². The van der Waals surface area contributed by atoms with Gasteiger partial charge in [0.1, 0.15) is 5.60 Å². The molecule has 0 fully saturated rings. The molecule has 2 heterocycles. The largest absolute Gasteiger partial charge is 0.368 e. The maximum absolute atomic E-state index is 12.4. The number of amides is 2. The first-order chi connectivity index (χ1) is 12.2. The van der Waals surface area contributed by atoms with Gasteiger partial charge in [-0.25, -0.2) is 13.2 Å². The number of thiophene rings is 1. The van der Waals surface area contributed by atoms with Gasteiger partial charge in [0.05, 0.1) is 23.7 Å². The monoisotopic (exact) mass is 394 g/mol. The molecule has 1 aromatic carbocycles. The number of hydrogen-bond acceptors (Lipinski definition) is 5. The number of sulfone groups is 1. The van der Waals surface area contributed by atoms with Gasteiger partial charge in [-0.1, -0.05) is 12.1 Å². The van der Waals surface area contributed by atoms with Crippen LogP contribution < -0.4 is 10.6 Å². The van der Waals surface area contributed by atoms with E-state index in [1.807, 2.05) is 18.4 Å². The maximum atomic E-state index is 12.4. The number of aryl methyl sites for hydroxylation is 1. The van der Waals surface area contributed by atoms with E-state index in [2.05, 4.69) is 10.6 Å². The third-order valence-electron chi connectivity index (χ3n) is 4.48. The Morgan fingerprint density at radius 1 is 1.35 bits per heavy atom. The van der Waals surface area contributed by atoms with Gasteiger partial charge in [-0.3, -0.25) is 0 Å². The summed E-state index contributed by atoms with van der Waals surface area (Å²) >= 11 is 1.70. The first-order valence-corrected chi connectivity index (χ1v) is 11.0. The topological polar surface area (TPSA) is 84.5 Å². The standard InChI is InChI=1S/C18H22N2O4S2/c1-12-5-4-6-14(16(12)26(3,22)23)20-17(21)19-11-18(2)13-8-10-25-15(13)7-9-24-18/h4-6,8,10H,7,9,11H2,1-3H3,(H2,19,20,21). The molecule has 2 aromatic rings. The Bertz CT molecular complexity index is 936. The van der Waals surface area contributed by atoms with E-state index in [4.69, 9.17) is 4.74 Å². The fourth-order valence-corrected chi connectivity index (χ4v) is 5.41. The van der Waals surface area contributed by atoms with E-state index < -0.39 is 21.5 Å². The Hall–Kier alpha value is -1.90. The summed E-state index contributed by atoms with van der Waals surface area (Å²) in [7, 11) is -3.46. The van der Waals surface area contributed by atoms with Crippen molar-refractivity contribution < 1.29 is 17.9 Å². The number of rotatable bonds is 4. The number of fused-ring (bicyclic) bond motifs is 1. The summed E-state index contributed by atoms with van der Waals surface area (Å²) in [6, 6.07) is 6.56. The Balaban J connectivity index is 1.73. The van der Waals surface area contributed by atoms with Gasteiger partial charge in [0, 0.05) is 17.6 Å². The zero-order valence-corrected chi connectivity index (χ0v) is 16.6. The van der Waals surface area contributed by atoms with E-state index >= 15 is 0 Å². The Kier molecular flexibility index (Phi) is 5.09. The number of nitrogens with one attached hydrogen (secondary N) is 2. The minimum atomic E-state index is -3.46. The number of carbonyl (C=O) groups is 1. The van der Waals surface area contributed by atoms with Crippen molar-refractivity contribution in [2.45, 2.75) is 30.8 Å². The van der Waals surface area contributed by atoms with Gasteiger partial charge in [0.25, 0.3) is 0 Å². The molecule has 0 spiro atoms. The third-order valence-corrected chi connectivity index (χ3v) is 6.75. The Morgan fingerprint density at radius 3 is 2.85 bits per heavy atom. The molecule has 3 rings (SSSR count). The van der Waals surface area contributed by atoms with Gasteiger partial charge < -0.3 is 15.4 Å². The first-order valence-electron chi connectivity index (χ1n) is 8.26. The van der Waals surface area contributed by atoms with Gasteiger partial charge in [-0.15, -0.1) is 11.3 Å². The van der Waals surface area contributed by atoms with Crippen molar-refractivity contribution in [2.24, 2.45) is 0 Å². The molecule has 0 saturated carbocycles. The van der Waals surface area contributed by atoms with Crippen LogP contribution in [-0.2, 0) is 26.6 Å². The van der Waals surface area contributed by atoms with Crippen LogP contribution in [-0.4, -0.2) is 33.9 Å². The molecule has 1 aliphatic heterocycles. The minimum Gasteiger partial charge on any atom is -0.368 e. The normalized spacial score (nSPS) is 19.7. The van der Waals surface area contributed by atoms with Crippen LogP contribution in [0, 0.1) is 6.92 Å². The van der Waals surface area contributed by atoms with E-state index in [1.165, 1.54) is 4.88 Å². The molecule has 6 nitrogen and oxygen atoms in total. The lowest BCUT2D eigenvalue weighted by atomic mass is 9.93. The maximum Gasteiger partial charge on any atom is 0.319 e. The van der Waals surface area contributed by atoms with Crippen molar-refractivity contribution in [3.63, 3.8) is 0 Å². The third kappa shape index (κ3) is 3.77. The van der Waals surface area contributed by atoms with Gasteiger partial charge in [0.2, 0.25) is 0 Å². The van der Waals surface area contributed by atoms with E-state index in [-0.39, 0.29) is 10.6 Å². The zero-order chi connectivity index (χ0) is 18.9. The average Bonchev–Trinajstić information content (AvgIpc) is 3.02. The van der Waals surface area contributed by atoms with Crippen molar-refractivity contribution in [1.82, 2.24) is 5.32 Å². The quantitative estimate of drug-likeness (QED) is 0.835. The SMILES string of the molecule is Cc1cccc(NC(=O)NCC2(C)OCCc3sccc32)c1S(C)(=O)=O. The second-order valence-electron chi connectivity index (χ2n) is 6.62. The predicted molar refractivity (Wildman–Crippen MR) is 103 cm³/mol. The van der Waals surface area contributed by atoms with Crippen molar-refractivity contribution in [2.75, 3.05) is 24.7 Å². The smallest absolute Gasteiger partial charge is 0.319 e. The van der Waals surface area contributed by atoms with Crippen LogP contribution in [0.25, 0.3) is 0 Å². The van der Waals surface area contributed by atoms with Crippen LogP contribution in [0.1, 0.15) is 22.9 Å². The fraction of sp³-hybridized carbons (Fsp3) is 0.389. The van der Waals surface area contributed by atoms with Gasteiger partial charge >= 0.3 is 6.03 Å². The Labute approximate surface area is 157 Å². The number of anilines is 1. The molecular formula is C18H22N2O4S2. The minimum absolute atomic E-state index is 0.135. The lowest BCUT2D eigenvalue weighted by molar-refractivity contribution is -0.0416. The van der Waals surface area contributed by atoms with Crippen LogP contribution in [0.4, 0.5) is 10.5 Å². The van der Waals surface area contributed by atoms with Crippen LogP contribution in [0.5, 0.6) is 0 Å². The van der Waals surface area contributed by atoms with Gasteiger partial charge in [-0.05, 0) is 42.5 Å². The predicted octanol–water partition coefficient (Wildman–Crippen LogP) is 3.07. The highest BCUT2D eigenvalue weighted by molar-refractivity contribution is 7.91. The van der Waals surface area contributed by atoms with Crippen LogP contribution >= 0.6 is 11.3 Å². The van der Waals surface area contributed by atoms with E-state index in [0.29, 0.717) is 18.7 Å². The molecule has 2 amide bonds. The molecule has 2 N–H and O–H groups in total. The first kappa shape index (κ1) is 18.9. The molecule has 8 heteroatoms. The van der Waals surface area contributed by atoms with Crippen molar-refractivity contribution in [1.29, 1.82) is 0 Å². The highest BCUT2D eigenvalue weighted by Crippen LogP contribution is 2.35. The number of carbonyl (C=O) groups excluding carboxylic acids is 1. The average molecular weight is 395 g/mol. The number of hydrogen-bond donors (Lipinski definition) is 2. The summed E-state index contributed by atoms with van der Waals surface area (Å²) in [5.74, 6) is 0. The molecular weight excluding hydrogens is 372 g/mol. The second kappa shape index (κ2) is 7.02. The summed E-state index contributed by atoms with van der Waals surface area (Å²) in [4.78, 5) is 13.8. The van der Waals surface area contributed by atoms with Crippen LogP contribution in [0.3, 0.4) is 0 Å². The van der Waals surface area contributed by atoms with Crippen molar-refractivity contribution >= 4 is 32.9 Å². The molecule has 1 aliphatic rings. The molecule has 1 aromatic heterocycles. The van der Waals surface area contributed by atoms with E-state index in [1.54, 1.807) is 36.5 Å². The van der Waals surface area contributed by atoms with Gasteiger partial charge in [0.15, 0.2) is 9.84 Å². The lowest BCUT2D eigenvalue weighted by Crippen LogP contribution is -2.44. The highest BCUT2D eigenvalue weighted by atomic mass is 32.2. The lowest BCUT2D eigenvalue weighted by Gasteiger charge is -2.34. The summed E-state index contributed by atoms with van der Waals surface area (Å²) in [6.45, 7) is 4.56. The van der Waals surface area contributed by atoms with Crippen LogP contribution in [0.2, 0.25) is 0 Å². The summed E-state index contributed by atoms with van der Waals surface area (Å²) < 4.78 is 30.0. The molecule has 26 heavy (non-hydrogen) atoms. The molecule has 0 bridgehead atoms. The van der Waals surface area contributed by atoms with Crippen molar-refractivity contribution in [3.8, 4) is 0 Å². The molecule has 0 aliphatic carbocycles. The highest BCUT2D eigenvalue weighted by Gasteiger charge is 2.34. The summed E-state index contributed by atoms with van der Waals surface area (Å²) in [5.41, 5.74) is 1.38.